The normalized spacial score (nSPS) is 15.4. The van der Waals surface area contributed by atoms with Crippen LogP contribution in [0.4, 0.5) is 17.1 Å². The number of rotatable bonds is 29. The maximum atomic E-state index is 13.9. The third-order valence-corrected chi connectivity index (χ3v) is 16.7. The fraction of sp³-hybridized carbons (Fsp3) is 0.441. The molecular formula is C68H84N8O10. The minimum atomic E-state index is -1.32. The van der Waals surface area contributed by atoms with Crippen molar-refractivity contribution in [3.63, 3.8) is 0 Å². The molecule has 5 amide bonds. The number of carbonyl (C=O) groups is 6. The van der Waals surface area contributed by atoms with E-state index in [1.165, 1.54) is 0 Å². The Kier molecular flexibility index (Phi) is 21.2. The Labute approximate surface area is 505 Å². The van der Waals surface area contributed by atoms with Crippen molar-refractivity contribution in [3.8, 4) is 11.5 Å². The molecule has 1 fully saturated rings. The molecule has 4 N–H and O–H groups in total. The van der Waals surface area contributed by atoms with E-state index in [-0.39, 0.29) is 74.2 Å². The Hall–Kier alpha value is -8.22. The molecule has 18 heteroatoms. The van der Waals surface area contributed by atoms with Gasteiger partial charge < -0.3 is 59.5 Å². The lowest BCUT2D eigenvalue weighted by atomic mass is 9.77. The second-order valence-electron chi connectivity index (χ2n) is 22.9. The van der Waals surface area contributed by atoms with Gasteiger partial charge in [-0.3, -0.25) is 24.0 Å². The highest BCUT2D eigenvalue weighted by Crippen LogP contribution is 2.57. The Bertz CT molecular complexity index is 3330. The zero-order valence-corrected chi connectivity index (χ0v) is 50.8. The number of esters is 1. The molecule has 3 aliphatic rings. The number of para-hydroxylation sites is 1. The van der Waals surface area contributed by atoms with Gasteiger partial charge in [-0.15, -0.1) is 0 Å². The van der Waals surface area contributed by atoms with Gasteiger partial charge in [-0.25, -0.2) is 4.79 Å². The summed E-state index contributed by atoms with van der Waals surface area (Å²) in [7, 11) is 7.79. The van der Waals surface area contributed by atoms with Gasteiger partial charge in [0.25, 0.3) is 11.8 Å². The number of likely N-dealkylation sites (N-methyl/N-ethyl adjacent to an activating group) is 1. The van der Waals surface area contributed by atoms with Gasteiger partial charge in [0.15, 0.2) is 5.60 Å². The monoisotopic (exact) mass is 1170 g/mol. The van der Waals surface area contributed by atoms with E-state index >= 15 is 0 Å². The van der Waals surface area contributed by atoms with Crippen LogP contribution in [-0.2, 0) is 47.2 Å². The van der Waals surface area contributed by atoms with Crippen LogP contribution in [0.2, 0.25) is 0 Å². The van der Waals surface area contributed by atoms with Crippen LogP contribution < -0.4 is 40.7 Å². The third-order valence-electron chi connectivity index (χ3n) is 16.7. The molecule has 1 spiro atoms. The number of hydrogen-bond acceptors (Lipinski definition) is 12. The molecule has 0 unspecified atom stereocenters. The number of aromatic nitrogens is 1. The topological polar surface area (TPSA) is 202 Å². The molecule has 18 nitrogen and oxygen atoms in total. The van der Waals surface area contributed by atoms with Gasteiger partial charge in [0, 0.05) is 135 Å². The molecule has 86 heavy (non-hydrogen) atoms. The van der Waals surface area contributed by atoms with Crippen molar-refractivity contribution in [1.82, 2.24) is 25.8 Å². The van der Waals surface area contributed by atoms with E-state index in [9.17, 15) is 28.8 Å². The number of nitrogens with zero attached hydrogens (tertiary/aromatic N) is 4. The zero-order chi connectivity index (χ0) is 60.7. The van der Waals surface area contributed by atoms with Gasteiger partial charge in [-0.05, 0) is 124 Å². The molecule has 0 saturated heterocycles. The van der Waals surface area contributed by atoms with E-state index in [1.54, 1.807) is 23.1 Å². The number of fused-ring (bicyclic) bond motifs is 7. The summed E-state index contributed by atoms with van der Waals surface area (Å²) in [5.41, 5.74) is 6.48. The molecule has 3 heterocycles. The van der Waals surface area contributed by atoms with Gasteiger partial charge in [0.1, 0.15) is 23.7 Å². The summed E-state index contributed by atoms with van der Waals surface area (Å²) in [6, 6.07) is 34.2. The molecular weight excluding hydrogens is 1090 g/mol. The molecule has 1 aliphatic carbocycles. The van der Waals surface area contributed by atoms with E-state index in [1.807, 2.05) is 128 Å². The second-order valence-corrected chi connectivity index (χ2v) is 22.9. The summed E-state index contributed by atoms with van der Waals surface area (Å²) >= 11 is 0. The Morgan fingerprint density at radius 1 is 0.628 bits per heavy atom. The number of hydrogen-bond donors (Lipinski definition) is 4. The number of unbranched alkanes of at least 4 members (excludes halogenated alkanes) is 5. The van der Waals surface area contributed by atoms with Crippen molar-refractivity contribution in [2.45, 2.75) is 109 Å². The lowest BCUT2D eigenvalue weighted by Crippen LogP contribution is -2.42. The number of ether oxygens (including phenoxy) is 4. The standard InChI is InChI=1S/C68H84N8O10/c1-7-46-18-17-20-53(40-46)75(8-2)63(78)45-76-58-21-14-13-19-48(58)42-59(76)66(81)72-50-25-22-47(23-26-50)64(79)70-34-16-12-10-9-11-15-33-69-62(77)32-36-83-38-39-84-37-35-71-65(80)49-24-29-54-57(41-49)68(86-67(54)82)55-30-27-51(73(3)4)43-60(55)85-61-44-52(74(5)6)28-31-56(61)68/h13-14,17-21,24,27-31,40-44,47,50H,7-12,15-16,22-23,25-26,32-39,45H2,1-6H3,(H,69,77)(H,70,79)(H,71,80)(H,72,81). The molecule has 0 radical (unpaired) electrons. The number of aryl methyl sites for hydroxylation is 1. The molecule has 0 bridgehead atoms. The van der Waals surface area contributed by atoms with Crippen molar-refractivity contribution >= 4 is 63.5 Å². The first kappa shape index (κ1) is 62.3. The lowest BCUT2D eigenvalue weighted by molar-refractivity contribution is -0.126. The predicted octanol–water partition coefficient (Wildman–Crippen LogP) is 9.67. The SMILES string of the molecule is CCc1cccc(N(CC)C(=O)Cn2c(C(=O)NC3CCC(C(=O)NCCCCCCCCNC(=O)CCOCCOCCNC(=O)c4ccc5c(c4)C4(OC5=O)c5ccc(N(C)C)cc5Oc5cc(N(C)C)ccc54)CC3)cc3ccccc32)c1. The smallest absolute Gasteiger partial charge is 0.340 e. The summed E-state index contributed by atoms with van der Waals surface area (Å²) in [6.07, 6.45) is 9.89. The van der Waals surface area contributed by atoms with Crippen LogP contribution >= 0.6 is 0 Å². The lowest BCUT2D eigenvalue weighted by Gasteiger charge is -2.37. The van der Waals surface area contributed by atoms with Crippen LogP contribution in [0.3, 0.4) is 0 Å². The minimum absolute atomic E-state index is 0.0363. The van der Waals surface area contributed by atoms with E-state index in [0.717, 1.165) is 78.5 Å². The maximum absolute atomic E-state index is 13.9. The first-order valence-corrected chi connectivity index (χ1v) is 30.6. The highest BCUT2D eigenvalue weighted by atomic mass is 16.6. The highest BCUT2D eigenvalue weighted by Gasteiger charge is 2.54. The second kappa shape index (κ2) is 29.2. The maximum Gasteiger partial charge on any atom is 0.340 e. The summed E-state index contributed by atoms with van der Waals surface area (Å²) in [6.45, 7) is 7.25. The summed E-state index contributed by atoms with van der Waals surface area (Å²) in [5.74, 6) is -0.0287. The first-order chi connectivity index (χ1) is 41.7. The van der Waals surface area contributed by atoms with Gasteiger partial charge in [0.2, 0.25) is 17.7 Å². The Morgan fingerprint density at radius 2 is 1.29 bits per heavy atom. The first-order valence-electron chi connectivity index (χ1n) is 30.6. The van der Waals surface area contributed by atoms with E-state index < -0.39 is 11.6 Å². The summed E-state index contributed by atoms with van der Waals surface area (Å²) < 4.78 is 26.0. The molecule has 456 valence electrons. The van der Waals surface area contributed by atoms with Crippen LogP contribution in [0.25, 0.3) is 10.9 Å². The van der Waals surface area contributed by atoms with Crippen molar-refractivity contribution < 1.29 is 47.7 Å². The number of carbonyl (C=O) groups excluding carboxylic acids is 6. The Morgan fingerprint density at radius 3 is 1.97 bits per heavy atom. The third kappa shape index (κ3) is 14.7. The van der Waals surface area contributed by atoms with Crippen LogP contribution in [0.5, 0.6) is 11.5 Å². The fourth-order valence-electron chi connectivity index (χ4n) is 11.8. The van der Waals surface area contributed by atoms with Crippen molar-refractivity contribution in [2.75, 3.05) is 95.5 Å². The molecule has 2 aliphatic heterocycles. The van der Waals surface area contributed by atoms with E-state index in [0.29, 0.717) is 104 Å². The summed E-state index contributed by atoms with van der Waals surface area (Å²) in [5, 5.41) is 13.2. The van der Waals surface area contributed by atoms with Crippen LogP contribution in [-0.4, -0.2) is 127 Å². The quantitative estimate of drug-likeness (QED) is 0.0256. The summed E-state index contributed by atoms with van der Waals surface area (Å²) in [4.78, 5) is 86.0. The van der Waals surface area contributed by atoms with Gasteiger partial charge in [-0.1, -0.05) is 62.9 Å². The number of anilines is 3. The van der Waals surface area contributed by atoms with Crippen molar-refractivity contribution in [3.05, 3.63) is 148 Å². The largest absolute Gasteiger partial charge is 0.456 e. The number of nitrogens with one attached hydrogen (secondary N) is 4. The van der Waals surface area contributed by atoms with Crippen molar-refractivity contribution in [1.29, 1.82) is 0 Å². The van der Waals surface area contributed by atoms with Crippen LogP contribution in [0.15, 0.2) is 109 Å². The van der Waals surface area contributed by atoms with E-state index in [2.05, 4.69) is 40.3 Å². The van der Waals surface area contributed by atoms with Gasteiger partial charge >= 0.3 is 5.97 Å². The molecule has 5 aromatic carbocycles. The number of benzene rings is 5. The molecule has 9 rings (SSSR count). The molecule has 1 saturated carbocycles. The van der Waals surface area contributed by atoms with Crippen LogP contribution in [0, 0.1) is 5.92 Å². The average Bonchev–Trinajstić information content (AvgIpc) is 1.51. The van der Waals surface area contributed by atoms with Gasteiger partial charge in [0.05, 0.1) is 32.0 Å². The molecule has 6 aromatic rings. The van der Waals surface area contributed by atoms with Crippen molar-refractivity contribution in [2.24, 2.45) is 5.92 Å². The van der Waals surface area contributed by atoms with E-state index in [4.69, 9.17) is 18.9 Å². The highest BCUT2D eigenvalue weighted by molar-refractivity contribution is 6.02. The molecule has 1 aromatic heterocycles. The Balaban J connectivity index is 0.594. The van der Waals surface area contributed by atoms with Crippen LogP contribution in [0.1, 0.15) is 138 Å². The fourth-order valence-corrected chi connectivity index (χ4v) is 11.8. The predicted molar refractivity (Wildman–Crippen MR) is 335 cm³/mol. The zero-order valence-electron chi connectivity index (χ0n) is 50.8. The molecule has 0 atom stereocenters. The number of amides is 5. The average molecular weight is 1170 g/mol. The minimum Gasteiger partial charge on any atom is -0.456 e. The van der Waals surface area contributed by atoms with Gasteiger partial charge in [-0.2, -0.15) is 0 Å².